The summed E-state index contributed by atoms with van der Waals surface area (Å²) in [4.78, 5) is 12.7. The minimum atomic E-state index is 0.564. The van der Waals surface area contributed by atoms with Crippen LogP contribution in [0.15, 0.2) is 41.8 Å². The van der Waals surface area contributed by atoms with E-state index in [9.17, 15) is 4.79 Å². The smallest absolute Gasteiger partial charge is 0.205 e. The zero-order valence-corrected chi connectivity index (χ0v) is 10.0. The maximum Gasteiger partial charge on any atom is 0.205 e. The quantitative estimate of drug-likeness (QED) is 0.674. The number of hydrogen-bond donors (Lipinski definition) is 0. The van der Waals surface area contributed by atoms with Crippen LogP contribution in [0.25, 0.3) is 17.1 Å². The van der Waals surface area contributed by atoms with Gasteiger partial charge in [-0.3, -0.25) is 4.79 Å². The second-order valence-electron chi connectivity index (χ2n) is 3.59. The first-order chi connectivity index (χ1) is 8.86. The normalized spacial score (nSPS) is 10.4. The van der Waals surface area contributed by atoms with E-state index in [2.05, 4.69) is 15.4 Å². The van der Waals surface area contributed by atoms with Gasteiger partial charge in [0.15, 0.2) is 6.29 Å². The molecule has 88 valence electrons. The Morgan fingerprint density at radius 2 is 2.06 bits per heavy atom. The number of carbonyl (C=O) groups is 1. The molecule has 3 aromatic rings. The molecule has 0 saturated heterocycles. The lowest BCUT2D eigenvalue weighted by Crippen LogP contribution is -1.96. The molecule has 1 aromatic carbocycles. The third-order valence-corrected chi connectivity index (χ3v) is 3.24. The summed E-state index contributed by atoms with van der Waals surface area (Å²) in [5.41, 5.74) is 1.66. The number of benzene rings is 1. The molecule has 0 radical (unpaired) electrons. The van der Waals surface area contributed by atoms with E-state index in [1.165, 1.54) is 16.1 Å². The average molecular weight is 256 g/mol. The summed E-state index contributed by atoms with van der Waals surface area (Å²) in [5, 5.41) is 14.1. The van der Waals surface area contributed by atoms with E-state index in [-0.39, 0.29) is 0 Å². The Bertz CT molecular complexity index is 674. The van der Waals surface area contributed by atoms with Crippen LogP contribution in [-0.4, -0.2) is 26.5 Å². The number of rotatable bonds is 3. The Morgan fingerprint density at radius 1 is 1.22 bits per heavy atom. The van der Waals surface area contributed by atoms with Gasteiger partial charge in [-0.25, -0.2) is 0 Å². The molecule has 6 heteroatoms. The minimum absolute atomic E-state index is 0.564. The van der Waals surface area contributed by atoms with Crippen molar-refractivity contribution in [3.05, 3.63) is 46.7 Å². The molecule has 2 heterocycles. The lowest BCUT2D eigenvalue weighted by Gasteiger charge is -1.92. The third kappa shape index (κ3) is 1.93. The van der Waals surface area contributed by atoms with Crippen LogP contribution < -0.4 is 0 Å². The largest absolute Gasteiger partial charge is 0.297 e. The SMILES string of the molecule is O=Cc1cc(-n2nnc(-c3ccccc3)n2)cs1. The van der Waals surface area contributed by atoms with Crippen LogP contribution in [-0.2, 0) is 0 Å². The Morgan fingerprint density at radius 3 is 2.78 bits per heavy atom. The van der Waals surface area contributed by atoms with Gasteiger partial charge in [-0.05, 0) is 11.3 Å². The summed E-state index contributed by atoms with van der Waals surface area (Å²) in [5.74, 6) is 0.564. The lowest BCUT2D eigenvalue weighted by atomic mass is 10.2. The number of carbonyl (C=O) groups excluding carboxylic acids is 1. The standard InChI is InChI=1S/C12H8N4OS/c17-7-11-6-10(8-18-11)16-14-12(13-15-16)9-4-2-1-3-5-9/h1-8H. The highest BCUT2D eigenvalue weighted by atomic mass is 32.1. The first kappa shape index (κ1) is 10.8. The fraction of sp³-hybridized carbons (Fsp3) is 0. The van der Waals surface area contributed by atoms with Gasteiger partial charge in [0.05, 0.1) is 10.6 Å². The first-order valence-electron chi connectivity index (χ1n) is 5.26. The Kier molecular flexibility index (Phi) is 2.70. The number of nitrogens with zero attached hydrogens (tertiary/aromatic N) is 4. The molecule has 0 bridgehead atoms. The van der Waals surface area contributed by atoms with Gasteiger partial charge in [0.1, 0.15) is 0 Å². The molecule has 0 N–H and O–H groups in total. The van der Waals surface area contributed by atoms with Crippen molar-refractivity contribution in [1.82, 2.24) is 20.2 Å². The summed E-state index contributed by atoms with van der Waals surface area (Å²) >= 11 is 1.35. The summed E-state index contributed by atoms with van der Waals surface area (Å²) in [7, 11) is 0. The van der Waals surface area contributed by atoms with E-state index >= 15 is 0 Å². The Balaban J connectivity index is 1.96. The summed E-state index contributed by atoms with van der Waals surface area (Å²) in [6, 6.07) is 11.4. The maximum atomic E-state index is 10.6. The molecule has 0 fully saturated rings. The molecule has 0 aliphatic rings. The molecule has 0 atom stereocenters. The third-order valence-electron chi connectivity index (χ3n) is 2.40. The van der Waals surface area contributed by atoms with Crippen LogP contribution in [0, 0.1) is 0 Å². The van der Waals surface area contributed by atoms with E-state index in [4.69, 9.17) is 0 Å². The molecular formula is C12H8N4OS. The minimum Gasteiger partial charge on any atom is -0.297 e. The molecule has 5 nitrogen and oxygen atoms in total. The van der Waals surface area contributed by atoms with Gasteiger partial charge >= 0.3 is 0 Å². The molecule has 0 unspecified atom stereocenters. The maximum absolute atomic E-state index is 10.6. The molecule has 0 amide bonds. The highest BCUT2D eigenvalue weighted by molar-refractivity contribution is 7.12. The van der Waals surface area contributed by atoms with Crippen LogP contribution in [0.2, 0.25) is 0 Å². The molecule has 0 aliphatic carbocycles. The molecule has 0 spiro atoms. The average Bonchev–Trinajstić information content (AvgIpc) is 3.08. The highest BCUT2D eigenvalue weighted by Gasteiger charge is 2.08. The fourth-order valence-electron chi connectivity index (χ4n) is 1.54. The summed E-state index contributed by atoms with van der Waals surface area (Å²) < 4.78 is 0. The highest BCUT2D eigenvalue weighted by Crippen LogP contribution is 2.17. The number of hydrogen-bond acceptors (Lipinski definition) is 5. The van der Waals surface area contributed by atoms with Crippen molar-refractivity contribution in [2.45, 2.75) is 0 Å². The topological polar surface area (TPSA) is 60.7 Å². The van der Waals surface area contributed by atoms with E-state index < -0.39 is 0 Å². The van der Waals surface area contributed by atoms with Gasteiger partial charge < -0.3 is 0 Å². The van der Waals surface area contributed by atoms with Gasteiger partial charge in [-0.1, -0.05) is 30.3 Å². The second-order valence-corrected chi connectivity index (χ2v) is 4.54. The van der Waals surface area contributed by atoms with E-state index in [0.717, 1.165) is 17.5 Å². The van der Waals surface area contributed by atoms with Gasteiger partial charge in [-0.2, -0.15) is 0 Å². The lowest BCUT2D eigenvalue weighted by molar-refractivity contribution is 0.112. The van der Waals surface area contributed by atoms with Crippen molar-refractivity contribution in [3.63, 3.8) is 0 Å². The Hall–Kier alpha value is -2.34. The van der Waals surface area contributed by atoms with Crippen LogP contribution in [0.5, 0.6) is 0 Å². The number of aldehydes is 1. The van der Waals surface area contributed by atoms with E-state index in [0.29, 0.717) is 10.7 Å². The zero-order chi connectivity index (χ0) is 12.4. The van der Waals surface area contributed by atoms with Crippen LogP contribution in [0.1, 0.15) is 9.67 Å². The van der Waals surface area contributed by atoms with Gasteiger partial charge in [0, 0.05) is 10.9 Å². The van der Waals surface area contributed by atoms with Crippen molar-refractivity contribution in [2.75, 3.05) is 0 Å². The molecule has 0 saturated carbocycles. The predicted octanol–water partition coefficient (Wildman–Crippen LogP) is 2.20. The van der Waals surface area contributed by atoms with Crippen molar-refractivity contribution >= 4 is 17.6 Å². The number of aromatic nitrogens is 4. The molecule has 18 heavy (non-hydrogen) atoms. The van der Waals surface area contributed by atoms with Crippen molar-refractivity contribution in [1.29, 1.82) is 0 Å². The molecule has 2 aromatic heterocycles. The van der Waals surface area contributed by atoms with Crippen molar-refractivity contribution in [3.8, 4) is 17.1 Å². The molecular weight excluding hydrogens is 248 g/mol. The Labute approximate surface area is 107 Å². The number of thiophene rings is 1. The zero-order valence-electron chi connectivity index (χ0n) is 9.22. The van der Waals surface area contributed by atoms with Gasteiger partial charge in [0.2, 0.25) is 5.82 Å². The van der Waals surface area contributed by atoms with Crippen molar-refractivity contribution < 1.29 is 4.79 Å². The number of tetrazole rings is 1. The van der Waals surface area contributed by atoms with Gasteiger partial charge in [0.25, 0.3) is 0 Å². The van der Waals surface area contributed by atoms with Crippen LogP contribution in [0.4, 0.5) is 0 Å². The van der Waals surface area contributed by atoms with Crippen molar-refractivity contribution in [2.24, 2.45) is 0 Å². The van der Waals surface area contributed by atoms with Crippen LogP contribution in [0.3, 0.4) is 0 Å². The van der Waals surface area contributed by atoms with Crippen LogP contribution >= 0.6 is 11.3 Å². The van der Waals surface area contributed by atoms with E-state index in [1.807, 2.05) is 35.7 Å². The fourth-order valence-corrected chi connectivity index (χ4v) is 2.20. The second kappa shape index (κ2) is 4.50. The monoisotopic (exact) mass is 256 g/mol. The van der Waals surface area contributed by atoms with Gasteiger partial charge in [-0.15, -0.1) is 26.3 Å². The predicted molar refractivity (Wildman–Crippen MR) is 67.9 cm³/mol. The van der Waals surface area contributed by atoms with E-state index in [1.54, 1.807) is 6.07 Å². The molecule has 3 rings (SSSR count). The molecule has 0 aliphatic heterocycles. The summed E-state index contributed by atoms with van der Waals surface area (Å²) in [6.07, 6.45) is 0.809. The summed E-state index contributed by atoms with van der Waals surface area (Å²) in [6.45, 7) is 0. The first-order valence-corrected chi connectivity index (χ1v) is 6.14.